The van der Waals surface area contributed by atoms with E-state index >= 15 is 0 Å². The molecular weight excluding hydrogens is 210 g/mol. The second kappa shape index (κ2) is 3.47. The van der Waals surface area contributed by atoms with E-state index in [9.17, 15) is 8.42 Å². The van der Waals surface area contributed by atoms with Crippen LogP contribution in [0.25, 0.3) is 0 Å². The highest BCUT2D eigenvalue weighted by Crippen LogP contribution is 2.53. The fourth-order valence-corrected chi connectivity index (χ4v) is 3.87. The van der Waals surface area contributed by atoms with Crippen molar-refractivity contribution in [1.82, 2.24) is 0 Å². The molecular formula is C8H12ClNO2S. The molecule has 0 saturated heterocycles. The Morgan fingerprint density at radius 3 is 2.38 bits per heavy atom. The molecule has 1 rings (SSSR count). The fraction of sp³-hybridized carbons (Fsp3) is 0.875. The van der Waals surface area contributed by atoms with Gasteiger partial charge >= 0.3 is 0 Å². The van der Waals surface area contributed by atoms with E-state index in [1.54, 1.807) is 0 Å². The zero-order valence-corrected chi connectivity index (χ0v) is 9.03. The van der Waals surface area contributed by atoms with Gasteiger partial charge in [0.2, 0.25) is 9.05 Å². The third-order valence-corrected chi connectivity index (χ3v) is 5.44. The van der Waals surface area contributed by atoms with Gasteiger partial charge < -0.3 is 0 Å². The Kier molecular flexibility index (Phi) is 2.88. The molecule has 0 amide bonds. The van der Waals surface area contributed by atoms with Gasteiger partial charge in [0.15, 0.2) is 0 Å². The van der Waals surface area contributed by atoms with E-state index in [2.05, 4.69) is 0 Å². The monoisotopic (exact) mass is 221 g/mol. The third kappa shape index (κ3) is 1.82. The lowest BCUT2D eigenvalue weighted by molar-refractivity contribution is 0.461. The first-order valence-corrected chi connectivity index (χ1v) is 6.60. The molecule has 1 unspecified atom stereocenters. The van der Waals surface area contributed by atoms with Crippen molar-refractivity contribution in [2.24, 2.45) is 5.92 Å². The van der Waals surface area contributed by atoms with Gasteiger partial charge in [0, 0.05) is 17.1 Å². The minimum Gasteiger partial charge on any atom is -0.212 e. The van der Waals surface area contributed by atoms with E-state index in [1.807, 2.05) is 13.0 Å². The Morgan fingerprint density at radius 2 is 2.15 bits per heavy atom. The van der Waals surface area contributed by atoms with Crippen molar-refractivity contribution in [3.05, 3.63) is 0 Å². The van der Waals surface area contributed by atoms with Crippen LogP contribution in [0.1, 0.15) is 32.6 Å². The van der Waals surface area contributed by atoms with Crippen LogP contribution in [0.3, 0.4) is 0 Å². The van der Waals surface area contributed by atoms with Gasteiger partial charge in [-0.25, -0.2) is 8.42 Å². The first-order valence-electron chi connectivity index (χ1n) is 4.29. The van der Waals surface area contributed by atoms with Crippen LogP contribution in [0.15, 0.2) is 0 Å². The SMILES string of the molecule is CCC(CC#N)C1(S(=O)(=O)Cl)CC1. The summed E-state index contributed by atoms with van der Waals surface area (Å²) >= 11 is 0. The first-order chi connectivity index (χ1) is 5.98. The van der Waals surface area contributed by atoms with Crippen LogP contribution in [0.4, 0.5) is 0 Å². The topological polar surface area (TPSA) is 57.9 Å². The molecule has 5 heteroatoms. The number of rotatable bonds is 4. The van der Waals surface area contributed by atoms with Gasteiger partial charge in [0.25, 0.3) is 0 Å². The number of hydrogen-bond donors (Lipinski definition) is 0. The Labute approximate surface area is 83.1 Å². The van der Waals surface area contributed by atoms with Crippen molar-refractivity contribution in [2.45, 2.75) is 37.4 Å². The zero-order valence-electron chi connectivity index (χ0n) is 7.46. The number of hydrogen-bond acceptors (Lipinski definition) is 3. The summed E-state index contributed by atoms with van der Waals surface area (Å²) in [5, 5.41) is 8.54. The summed E-state index contributed by atoms with van der Waals surface area (Å²) in [6, 6.07) is 2.01. The minimum absolute atomic E-state index is 0.0972. The molecule has 1 aliphatic rings. The van der Waals surface area contributed by atoms with Crippen molar-refractivity contribution in [3.63, 3.8) is 0 Å². The van der Waals surface area contributed by atoms with Crippen molar-refractivity contribution in [2.75, 3.05) is 0 Å². The molecule has 0 aliphatic heterocycles. The molecule has 74 valence electrons. The maximum atomic E-state index is 11.2. The summed E-state index contributed by atoms with van der Waals surface area (Å²) in [5.74, 6) is -0.0972. The van der Waals surface area contributed by atoms with Crippen LogP contribution in [0, 0.1) is 17.2 Å². The zero-order chi connectivity index (χ0) is 10.1. The summed E-state index contributed by atoms with van der Waals surface area (Å²) in [5.41, 5.74) is 0. The lowest BCUT2D eigenvalue weighted by Crippen LogP contribution is -2.28. The first kappa shape index (κ1) is 10.8. The van der Waals surface area contributed by atoms with E-state index in [4.69, 9.17) is 15.9 Å². The van der Waals surface area contributed by atoms with Crippen molar-refractivity contribution in [3.8, 4) is 6.07 Å². The minimum atomic E-state index is -3.50. The fourth-order valence-electron chi connectivity index (χ4n) is 1.79. The Bertz CT molecular complexity index is 327. The molecule has 0 aromatic heterocycles. The second-order valence-corrected chi connectivity index (χ2v) is 6.38. The number of nitriles is 1. The van der Waals surface area contributed by atoms with E-state index in [0.29, 0.717) is 19.3 Å². The second-order valence-electron chi connectivity index (χ2n) is 3.47. The molecule has 1 saturated carbocycles. The van der Waals surface area contributed by atoms with Gasteiger partial charge in [-0.05, 0) is 18.8 Å². The van der Waals surface area contributed by atoms with Gasteiger partial charge in [-0.1, -0.05) is 13.3 Å². The van der Waals surface area contributed by atoms with Crippen molar-refractivity contribution in [1.29, 1.82) is 5.26 Å². The molecule has 1 aliphatic carbocycles. The average Bonchev–Trinajstić information content (AvgIpc) is 2.78. The standard InChI is InChI=1S/C8H12ClNO2S/c1-2-7(3-6-10)8(4-5-8)13(9,11)12/h7H,2-5H2,1H3. The molecule has 0 aromatic carbocycles. The Morgan fingerprint density at radius 1 is 1.62 bits per heavy atom. The average molecular weight is 222 g/mol. The number of halogens is 1. The molecule has 0 N–H and O–H groups in total. The van der Waals surface area contributed by atoms with Gasteiger partial charge in [-0.15, -0.1) is 0 Å². The molecule has 0 radical (unpaired) electrons. The predicted molar refractivity (Wildman–Crippen MR) is 50.7 cm³/mol. The lowest BCUT2D eigenvalue weighted by atomic mass is 9.97. The lowest BCUT2D eigenvalue weighted by Gasteiger charge is -2.19. The largest absolute Gasteiger partial charge is 0.238 e. The quantitative estimate of drug-likeness (QED) is 0.683. The van der Waals surface area contributed by atoms with E-state index in [1.165, 1.54) is 0 Å². The van der Waals surface area contributed by atoms with E-state index in [-0.39, 0.29) is 12.3 Å². The third-order valence-electron chi connectivity index (χ3n) is 2.80. The highest BCUT2D eigenvalue weighted by atomic mass is 35.7. The Balaban J connectivity index is 2.87. The maximum Gasteiger partial charge on any atom is 0.238 e. The van der Waals surface area contributed by atoms with Crippen LogP contribution in [-0.2, 0) is 9.05 Å². The van der Waals surface area contributed by atoms with Crippen LogP contribution in [0.5, 0.6) is 0 Å². The highest BCUT2D eigenvalue weighted by molar-refractivity contribution is 8.15. The Hall–Kier alpha value is -0.270. The van der Waals surface area contributed by atoms with Gasteiger partial charge in [-0.3, -0.25) is 0 Å². The summed E-state index contributed by atoms with van der Waals surface area (Å²) in [7, 11) is 1.86. The summed E-state index contributed by atoms with van der Waals surface area (Å²) in [4.78, 5) is 0. The molecule has 0 heterocycles. The molecule has 1 atom stereocenters. The van der Waals surface area contributed by atoms with E-state index < -0.39 is 13.8 Å². The van der Waals surface area contributed by atoms with Gasteiger partial charge in [0.1, 0.15) is 0 Å². The molecule has 1 fully saturated rings. The molecule has 13 heavy (non-hydrogen) atoms. The molecule has 0 aromatic rings. The van der Waals surface area contributed by atoms with Gasteiger partial charge in [0.05, 0.1) is 10.8 Å². The molecule has 0 spiro atoms. The van der Waals surface area contributed by atoms with E-state index in [0.717, 1.165) is 0 Å². The van der Waals surface area contributed by atoms with Crippen molar-refractivity contribution >= 4 is 19.7 Å². The smallest absolute Gasteiger partial charge is 0.212 e. The van der Waals surface area contributed by atoms with Crippen molar-refractivity contribution < 1.29 is 8.42 Å². The summed E-state index contributed by atoms with van der Waals surface area (Å²) in [6.45, 7) is 1.89. The highest BCUT2D eigenvalue weighted by Gasteiger charge is 2.58. The maximum absolute atomic E-state index is 11.2. The van der Waals surface area contributed by atoms with Gasteiger partial charge in [-0.2, -0.15) is 5.26 Å². The normalized spacial score (nSPS) is 21.9. The predicted octanol–water partition coefficient (Wildman–Crippen LogP) is 2.03. The molecule has 0 bridgehead atoms. The number of nitrogens with zero attached hydrogens (tertiary/aromatic N) is 1. The summed E-state index contributed by atoms with van der Waals surface area (Å²) in [6.07, 6.45) is 2.19. The van der Waals surface area contributed by atoms with Crippen LogP contribution >= 0.6 is 10.7 Å². The molecule has 3 nitrogen and oxygen atoms in total. The summed E-state index contributed by atoms with van der Waals surface area (Å²) < 4.78 is 21.7. The van der Waals surface area contributed by atoms with Crippen LogP contribution < -0.4 is 0 Å². The van der Waals surface area contributed by atoms with Crippen LogP contribution in [-0.4, -0.2) is 13.2 Å². The van der Waals surface area contributed by atoms with Crippen LogP contribution in [0.2, 0.25) is 0 Å².